The number of carbonyl (C=O) groups is 3. The molecule has 7 rings (SSSR count). The maximum Gasteiger partial charge on any atom is 0.238 e. The monoisotopic (exact) mass is 634 g/mol. The van der Waals surface area contributed by atoms with Gasteiger partial charge in [-0.15, -0.1) is 0 Å². The number of carbonyl (C=O) groups excluding carboxylic acids is 3. The van der Waals surface area contributed by atoms with Gasteiger partial charge in [0.25, 0.3) is 0 Å². The van der Waals surface area contributed by atoms with Gasteiger partial charge in [-0.2, -0.15) is 0 Å². The van der Waals surface area contributed by atoms with Crippen LogP contribution in [-0.4, -0.2) is 42.6 Å². The third kappa shape index (κ3) is 3.89. The normalized spacial score (nSPS) is 22.9. The van der Waals surface area contributed by atoms with Gasteiger partial charge in [0.1, 0.15) is 23.0 Å². The average molecular weight is 636 g/mol. The van der Waals surface area contributed by atoms with Gasteiger partial charge in [0.2, 0.25) is 5.91 Å². The summed E-state index contributed by atoms with van der Waals surface area (Å²) in [5.41, 5.74) is 2.53. The Balaban J connectivity index is 1.52. The second-order valence-corrected chi connectivity index (χ2v) is 11.7. The molecule has 4 aromatic carbocycles. The van der Waals surface area contributed by atoms with Crippen molar-refractivity contribution in [2.45, 2.75) is 17.5 Å². The first-order valence-electron chi connectivity index (χ1n) is 13.9. The highest BCUT2D eigenvalue weighted by Crippen LogP contribution is 2.62. The number of nitrogens with zero attached hydrogens (tertiary/aromatic N) is 1. The predicted molar refractivity (Wildman–Crippen MR) is 166 cm³/mol. The lowest BCUT2D eigenvalue weighted by Gasteiger charge is -2.38. The Bertz CT molecular complexity index is 1850. The summed E-state index contributed by atoms with van der Waals surface area (Å²) < 4.78 is 11.5. The molecule has 1 spiro atoms. The molecule has 0 aromatic heterocycles. The van der Waals surface area contributed by atoms with Crippen molar-refractivity contribution >= 4 is 45.2 Å². The Morgan fingerprint density at radius 3 is 2.42 bits per heavy atom. The van der Waals surface area contributed by atoms with Crippen LogP contribution >= 0.6 is 15.9 Å². The van der Waals surface area contributed by atoms with E-state index in [9.17, 15) is 14.4 Å². The fraction of sp³-hybridized carbons (Fsp3) is 0.171. The molecule has 1 fully saturated rings. The van der Waals surface area contributed by atoms with Crippen LogP contribution in [-0.2, 0) is 10.2 Å². The number of fused-ring (bicyclic) bond motifs is 6. The number of halogens is 1. The fourth-order valence-electron chi connectivity index (χ4n) is 7.11. The zero-order valence-corrected chi connectivity index (χ0v) is 25.0. The number of ketones is 2. The van der Waals surface area contributed by atoms with Gasteiger partial charge in [-0.3, -0.25) is 14.4 Å². The van der Waals surface area contributed by atoms with E-state index in [0.29, 0.717) is 38.3 Å². The first-order chi connectivity index (χ1) is 20.9. The molecular weight excluding hydrogens is 608 g/mol. The third-order valence-corrected chi connectivity index (χ3v) is 9.53. The summed E-state index contributed by atoms with van der Waals surface area (Å²) in [4.78, 5) is 46.2. The number of hydrogen-bond acceptors (Lipinski definition) is 6. The molecule has 7 nitrogen and oxygen atoms in total. The smallest absolute Gasteiger partial charge is 0.238 e. The number of benzene rings is 4. The van der Waals surface area contributed by atoms with Gasteiger partial charge in [0.15, 0.2) is 11.6 Å². The number of amides is 1. The first-order valence-corrected chi connectivity index (χ1v) is 14.7. The van der Waals surface area contributed by atoms with E-state index in [2.05, 4.69) is 21.2 Å². The minimum Gasteiger partial charge on any atom is -0.497 e. The molecule has 1 amide bonds. The van der Waals surface area contributed by atoms with Crippen LogP contribution in [0.5, 0.6) is 11.5 Å². The van der Waals surface area contributed by atoms with Crippen molar-refractivity contribution in [2.75, 3.05) is 19.5 Å². The van der Waals surface area contributed by atoms with Gasteiger partial charge in [-0.05, 0) is 75.1 Å². The number of para-hydroxylation sites is 1. The zero-order valence-electron chi connectivity index (χ0n) is 23.4. The van der Waals surface area contributed by atoms with Crippen LogP contribution in [0.25, 0.3) is 6.08 Å². The SMILES string of the molecule is COc1cccc(C(=O)[C@H]2[C@@H](C(=O)c3ccc(OC)c(Br)c3)N3C=Cc4ccccc4[C@@H]3[C@]23C(=O)Nc2ccccc23)c1. The first kappa shape index (κ1) is 27.2. The van der Waals surface area contributed by atoms with Gasteiger partial charge in [0.05, 0.1) is 30.7 Å². The largest absolute Gasteiger partial charge is 0.497 e. The van der Waals surface area contributed by atoms with Crippen molar-refractivity contribution in [3.8, 4) is 11.5 Å². The van der Waals surface area contributed by atoms with Crippen molar-refractivity contribution in [3.63, 3.8) is 0 Å². The Morgan fingerprint density at radius 1 is 0.860 bits per heavy atom. The highest BCUT2D eigenvalue weighted by Gasteiger charge is 2.70. The van der Waals surface area contributed by atoms with Crippen molar-refractivity contribution in [3.05, 3.63) is 129 Å². The van der Waals surface area contributed by atoms with Gasteiger partial charge in [0, 0.05) is 23.0 Å². The van der Waals surface area contributed by atoms with E-state index in [1.807, 2.05) is 65.7 Å². The van der Waals surface area contributed by atoms with Gasteiger partial charge in [-0.25, -0.2) is 0 Å². The minimum atomic E-state index is -1.40. The number of hydrogen-bond donors (Lipinski definition) is 1. The van der Waals surface area contributed by atoms with Crippen molar-refractivity contribution < 1.29 is 23.9 Å². The maximum atomic E-state index is 14.9. The minimum absolute atomic E-state index is 0.271. The van der Waals surface area contributed by atoms with Crippen LogP contribution < -0.4 is 14.8 Å². The molecule has 4 aromatic rings. The molecule has 3 aliphatic heterocycles. The number of nitrogens with one attached hydrogen (secondary N) is 1. The molecule has 0 saturated carbocycles. The number of Topliss-reactive ketones (excluding diaryl/α,β-unsaturated/α-hetero) is 2. The maximum absolute atomic E-state index is 14.9. The van der Waals surface area contributed by atoms with Gasteiger partial charge in [-0.1, -0.05) is 54.6 Å². The summed E-state index contributed by atoms with van der Waals surface area (Å²) in [5, 5.41) is 3.07. The van der Waals surface area contributed by atoms with Crippen LogP contribution in [0.15, 0.2) is 102 Å². The van der Waals surface area contributed by atoms with E-state index >= 15 is 0 Å². The fourth-order valence-corrected chi connectivity index (χ4v) is 7.65. The summed E-state index contributed by atoms with van der Waals surface area (Å²) in [7, 11) is 3.10. The van der Waals surface area contributed by atoms with Gasteiger partial charge >= 0.3 is 0 Å². The highest BCUT2D eigenvalue weighted by atomic mass is 79.9. The third-order valence-electron chi connectivity index (χ3n) is 8.91. The average Bonchev–Trinajstić information content (AvgIpc) is 3.52. The molecule has 4 atom stereocenters. The molecule has 43 heavy (non-hydrogen) atoms. The van der Waals surface area contributed by atoms with Crippen LogP contribution in [0.2, 0.25) is 0 Å². The van der Waals surface area contributed by atoms with Crippen molar-refractivity contribution in [1.82, 2.24) is 4.90 Å². The summed E-state index contributed by atoms with van der Waals surface area (Å²) in [6.45, 7) is 0. The summed E-state index contributed by atoms with van der Waals surface area (Å²) in [5.74, 6) is -0.861. The Hall–Kier alpha value is -4.69. The summed E-state index contributed by atoms with van der Waals surface area (Å²) in [6, 6.07) is 25.7. The molecule has 1 N–H and O–H groups in total. The summed E-state index contributed by atoms with van der Waals surface area (Å²) in [6.07, 6.45) is 3.81. The molecule has 0 unspecified atom stereocenters. The van der Waals surface area contributed by atoms with E-state index in [-0.39, 0.29) is 17.5 Å². The highest BCUT2D eigenvalue weighted by molar-refractivity contribution is 9.10. The molecule has 3 heterocycles. The standard InChI is InChI=1S/C35H27BrN2O5/c1-42-23-10-7-9-21(18-23)31(39)29-30(32(40)22-14-15-28(43-2)26(36)19-22)38-17-16-20-8-3-4-11-24(20)33(38)35(29)25-12-5-6-13-27(25)37-34(35)41/h3-19,29-30,33H,1-2H3,(H,37,41)/t29-,30+,33-,35-/m1/s1. The van der Waals surface area contributed by atoms with E-state index in [0.717, 1.165) is 11.1 Å². The number of ether oxygens (including phenoxy) is 2. The topological polar surface area (TPSA) is 84.9 Å². The Kier molecular flexibility index (Phi) is 6.47. The van der Waals surface area contributed by atoms with E-state index in [4.69, 9.17) is 9.47 Å². The van der Waals surface area contributed by atoms with Crippen molar-refractivity contribution in [1.29, 1.82) is 0 Å². The number of methoxy groups -OCH3 is 2. The molecule has 3 aliphatic rings. The Morgan fingerprint density at radius 2 is 1.63 bits per heavy atom. The second kappa shape index (κ2) is 10.2. The van der Waals surface area contributed by atoms with Crippen LogP contribution in [0.1, 0.15) is 43.4 Å². The van der Waals surface area contributed by atoms with Crippen LogP contribution in [0.4, 0.5) is 5.69 Å². The van der Waals surface area contributed by atoms with Crippen molar-refractivity contribution in [2.24, 2.45) is 5.92 Å². The molecule has 0 radical (unpaired) electrons. The number of anilines is 1. The molecule has 0 bridgehead atoms. The van der Waals surface area contributed by atoms with Gasteiger partial charge < -0.3 is 19.7 Å². The lowest BCUT2D eigenvalue weighted by Crippen LogP contribution is -2.49. The predicted octanol–water partition coefficient (Wildman–Crippen LogP) is 6.45. The van der Waals surface area contributed by atoms with Crippen LogP contribution in [0, 0.1) is 5.92 Å². The lowest BCUT2D eigenvalue weighted by atomic mass is 9.62. The van der Waals surface area contributed by atoms with E-state index < -0.39 is 23.4 Å². The van der Waals surface area contributed by atoms with Crippen LogP contribution in [0.3, 0.4) is 0 Å². The van der Waals surface area contributed by atoms with E-state index in [1.165, 1.54) is 7.11 Å². The molecule has 1 saturated heterocycles. The zero-order chi connectivity index (χ0) is 29.9. The molecular formula is C35H27BrN2O5. The molecule has 8 heteroatoms. The van der Waals surface area contributed by atoms with E-state index in [1.54, 1.807) is 49.6 Å². The summed E-state index contributed by atoms with van der Waals surface area (Å²) >= 11 is 3.51. The molecule has 0 aliphatic carbocycles. The Labute approximate surface area is 257 Å². The molecule has 214 valence electrons. The second-order valence-electron chi connectivity index (χ2n) is 10.9. The lowest BCUT2D eigenvalue weighted by molar-refractivity contribution is -0.122. The quantitative estimate of drug-likeness (QED) is 0.246. The number of rotatable bonds is 6.